The number of hydrogen-bond donors (Lipinski definition) is 0. The first kappa shape index (κ1) is 24.8. The van der Waals surface area contributed by atoms with Crippen molar-refractivity contribution in [1.29, 1.82) is 0 Å². The molecule has 2 atom stereocenters. The number of rotatable bonds is 17. The standard InChI is InChI=1S/C24H42O4/c1-3-5-7-8-9-11-14-20-17-18-22(25)21(20)15-12-10-13-16-23(26)24(27)28-19-6-4-2/h20-21H,3-19H2,1-2H3/t20-,21+/m0/s1. The Kier molecular flexibility index (Phi) is 13.9. The molecule has 1 aliphatic rings. The van der Waals surface area contributed by atoms with Gasteiger partial charge in [0.15, 0.2) is 0 Å². The summed E-state index contributed by atoms with van der Waals surface area (Å²) in [6, 6.07) is 0. The number of esters is 1. The molecule has 0 spiro atoms. The van der Waals surface area contributed by atoms with Gasteiger partial charge in [0, 0.05) is 18.8 Å². The van der Waals surface area contributed by atoms with E-state index in [1.165, 1.54) is 44.9 Å². The third-order valence-electron chi connectivity index (χ3n) is 6.05. The van der Waals surface area contributed by atoms with E-state index in [-0.39, 0.29) is 12.3 Å². The first-order valence-electron chi connectivity index (χ1n) is 11.8. The summed E-state index contributed by atoms with van der Waals surface area (Å²) in [4.78, 5) is 35.5. The number of Topliss-reactive ketones (excluding diaryl/α,β-unsaturated/α-hetero) is 2. The Hall–Kier alpha value is -1.19. The molecule has 4 heteroatoms. The predicted molar refractivity (Wildman–Crippen MR) is 113 cm³/mol. The highest BCUT2D eigenvalue weighted by atomic mass is 16.5. The van der Waals surface area contributed by atoms with E-state index in [9.17, 15) is 14.4 Å². The minimum absolute atomic E-state index is 0.241. The molecule has 0 aromatic carbocycles. The third kappa shape index (κ3) is 10.4. The van der Waals surface area contributed by atoms with Crippen LogP contribution >= 0.6 is 0 Å². The highest BCUT2D eigenvalue weighted by Crippen LogP contribution is 2.36. The summed E-state index contributed by atoms with van der Waals surface area (Å²) >= 11 is 0. The van der Waals surface area contributed by atoms with Gasteiger partial charge in [-0.05, 0) is 38.0 Å². The van der Waals surface area contributed by atoms with E-state index in [4.69, 9.17) is 4.74 Å². The summed E-state index contributed by atoms with van der Waals surface area (Å²) in [7, 11) is 0. The average molecular weight is 395 g/mol. The van der Waals surface area contributed by atoms with Gasteiger partial charge in [0.05, 0.1) is 6.61 Å². The quantitative estimate of drug-likeness (QED) is 0.167. The monoisotopic (exact) mass is 394 g/mol. The Morgan fingerprint density at radius 1 is 0.857 bits per heavy atom. The van der Waals surface area contributed by atoms with E-state index in [0.717, 1.165) is 44.9 Å². The van der Waals surface area contributed by atoms with Gasteiger partial charge < -0.3 is 4.74 Å². The predicted octanol–water partition coefficient (Wildman–Crippen LogP) is 6.20. The molecule has 4 nitrogen and oxygen atoms in total. The van der Waals surface area contributed by atoms with Crippen LogP contribution in [0.4, 0.5) is 0 Å². The zero-order chi connectivity index (χ0) is 20.6. The van der Waals surface area contributed by atoms with E-state index in [1.54, 1.807) is 0 Å². The van der Waals surface area contributed by atoms with Crippen molar-refractivity contribution in [2.24, 2.45) is 11.8 Å². The normalized spacial score (nSPS) is 19.1. The van der Waals surface area contributed by atoms with Crippen molar-refractivity contribution in [3.05, 3.63) is 0 Å². The van der Waals surface area contributed by atoms with Crippen LogP contribution in [0.2, 0.25) is 0 Å². The van der Waals surface area contributed by atoms with E-state index >= 15 is 0 Å². The molecule has 0 saturated heterocycles. The first-order chi connectivity index (χ1) is 13.6. The largest absolute Gasteiger partial charge is 0.460 e. The Morgan fingerprint density at radius 2 is 1.50 bits per heavy atom. The molecule has 0 bridgehead atoms. The van der Waals surface area contributed by atoms with Gasteiger partial charge in [0.1, 0.15) is 5.78 Å². The van der Waals surface area contributed by atoms with Gasteiger partial charge in [-0.3, -0.25) is 9.59 Å². The van der Waals surface area contributed by atoms with Crippen LogP contribution in [0.15, 0.2) is 0 Å². The van der Waals surface area contributed by atoms with Crippen LogP contribution in [-0.4, -0.2) is 24.1 Å². The Bertz CT molecular complexity index is 458. The van der Waals surface area contributed by atoms with Crippen LogP contribution < -0.4 is 0 Å². The number of carbonyl (C=O) groups is 3. The summed E-state index contributed by atoms with van der Waals surface area (Å²) < 4.78 is 4.95. The minimum atomic E-state index is -0.682. The maximum Gasteiger partial charge on any atom is 0.374 e. The molecule has 0 radical (unpaired) electrons. The van der Waals surface area contributed by atoms with E-state index < -0.39 is 11.8 Å². The van der Waals surface area contributed by atoms with Crippen LogP contribution in [0, 0.1) is 11.8 Å². The lowest BCUT2D eigenvalue weighted by molar-refractivity contribution is -0.154. The number of ketones is 2. The summed E-state index contributed by atoms with van der Waals surface area (Å²) in [5.74, 6) is 0.179. The molecule has 0 aromatic heterocycles. The zero-order valence-corrected chi connectivity index (χ0v) is 18.3. The molecule has 1 saturated carbocycles. The lowest BCUT2D eigenvalue weighted by Crippen LogP contribution is -2.18. The lowest BCUT2D eigenvalue weighted by atomic mass is 9.86. The molecule has 1 fully saturated rings. The fourth-order valence-corrected chi connectivity index (χ4v) is 4.22. The van der Waals surface area contributed by atoms with Crippen LogP contribution in [0.5, 0.6) is 0 Å². The fourth-order valence-electron chi connectivity index (χ4n) is 4.22. The van der Waals surface area contributed by atoms with Gasteiger partial charge in [-0.2, -0.15) is 0 Å². The van der Waals surface area contributed by atoms with Gasteiger partial charge in [-0.1, -0.05) is 71.6 Å². The molecule has 0 heterocycles. The van der Waals surface area contributed by atoms with Gasteiger partial charge >= 0.3 is 5.97 Å². The molecule has 0 aliphatic heterocycles. The summed E-state index contributed by atoms with van der Waals surface area (Å²) in [6.07, 6.45) is 16.4. The molecule has 1 aliphatic carbocycles. The second kappa shape index (κ2) is 15.7. The van der Waals surface area contributed by atoms with Crippen molar-refractivity contribution in [3.8, 4) is 0 Å². The minimum Gasteiger partial charge on any atom is -0.460 e. The smallest absolute Gasteiger partial charge is 0.374 e. The van der Waals surface area contributed by atoms with Gasteiger partial charge in [-0.25, -0.2) is 4.79 Å². The lowest BCUT2D eigenvalue weighted by Gasteiger charge is -2.18. The number of unbranched alkanes of at least 4 members (excludes halogenated alkanes) is 8. The van der Waals surface area contributed by atoms with Crippen LogP contribution in [0.3, 0.4) is 0 Å². The highest BCUT2D eigenvalue weighted by molar-refractivity contribution is 6.33. The Labute approximate surface area is 172 Å². The molecule has 0 aromatic rings. The fraction of sp³-hybridized carbons (Fsp3) is 0.875. The average Bonchev–Trinajstić information content (AvgIpc) is 3.04. The Balaban J connectivity index is 2.14. The Morgan fingerprint density at radius 3 is 2.25 bits per heavy atom. The van der Waals surface area contributed by atoms with E-state index in [1.807, 2.05) is 6.92 Å². The molecule has 0 N–H and O–H groups in total. The highest BCUT2D eigenvalue weighted by Gasteiger charge is 2.33. The molecular formula is C24H42O4. The summed E-state index contributed by atoms with van der Waals surface area (Å²) in [5.41, 5.74) is 0. The molecule has 0 unspecified atom stereocenters. The van der Waals surface area contributed by atoms with Crippen LogP contribution in [0.1, 0.15) is 117 Å². The van der Waals surface area contributed by atoms with Crippen LogP contribution in [0.25, 0.3) is 0 Å². The van der Waals surface area contributed by atoms with Crippen molar-refractivity contribution in [3.63, 3.8) is 0 Å². The van der Waals surface area contributed by atoms with Crippen molar-refractivity contribution >= 4 is 17.5 Å². The van der Waals surface area contributed by atoms with E-state index in [0.29, 0.717) is 24.7 Å². The topological polar surface area (TPSA) is 60.4 Å². The van der Waals surface area contributed by atoms with Gasteiger partial charge in [0.25, 0.3) is 0 Å². The van der Waals surface area contributed by atoms with Gasteiger partial charge in [-0.15, -0.1) is 0 Å². The van der Waals surface area contributed by atoms with Gasteiger partial charge in [0.2, 0.25) is 5.78 Å². The van der Waals surface area contributed by atoms with Crippen LogP contribution in [-0.2, 0) is 19.1 Å². The molecular weight excluding hydrogens is 352 g/mol. The number of ether oxygens (including phenoxy) is 1. The van der Waals surface area contributed by atoms with E-state index in [2.05, 4.69) is 6.92 Å². The maximum absolute atomic E-state index is 12.2. The molecule has 28 heavy (non-hydrogen) atoms. The second-order valence-electron chi connectivity index (χ2n) is 8.44. The first-order valence-corrected chi connectivity index (χ1v) is 11.8. The summed E-state index contributed by atoms with van der Waals surface area (Å²) in [5, 5.41) is 0. The van der Waals surface area contributed by atoms with Crippen molar-refractivity contribution in [2.75, 3.05) is 6.61 Å². The second-order valence-corrected chi connectivity index (χ2v) is 8.44. The van der Waals surface area contributed by atoms with Crippen molar-refractivity contribution in [2.45, 2.75) is 117 Å². The third-order valence-corrected chi connectivity index (χ3v) is 6.05. The number of hydrogen-bond acceptors (Lipinski definition) is 4. The number of carbonyl (C=O) groups excluding carboxylic acids is 3. The van der Waals surface area contributed by atoms with Crippen molar-refractivity contribution in [1.82, 2.24) is 0 Å². The SMILES string of the molecule is CCCCCCCC[C@H]1CCC(=O)[C@@H]1CCCCCC(=O)C(=O)OCCCC. The molecule has 162 valence electrons. The maximum atomic E-state index is 12.2. The molecule has 1 rings (SSSR count). The zero-order valence-electron chi connectivity index (χ0n) is 18.3. The summed E-state index contributed by atoms with van der Waals surface area (Å²) in [6.45, 7) is 4.59. The molecule has 0 amide bonds. The van der Waals surface area contributed by atoms with Crippen molar-refractivity contribution < 1.29 is 19.1 Å².